The van der Waals surface area contributed by atoms with Gasteiger partial charge in [-0.15, -0.1) is 11.3 Å². The SMILES string of the molecule is NC(=O)C1(c2cnc(C3CC(F)(F)C3)s2)CCC1. The summed E-state index contributed by atoms with van der Waals surface area (Å²) in [5.74, 6) is -3.00. The number of nitrogens with two attached hydrogens (primary N) is 1. The number of nitrogens with zero attached hydrogens (tertiary/aromatic N) is 1. The molecule has 0 bridgehead atoms. The molecule has 18 heavy (non-hydrogen) atoms. The van der Waals surface area contributed by atoms with E-state index in [1.165, 1.54) is 11.3 Å². The second kappa shape index (κ2) is 3.73. The van der Waals surface area contributed by atoms with E-state index in [1.54, 1.807) is 6.20 Å². The summed E-state index contributed by atoms with van der Waals surface area (Å²) in [5, 5.41) is 0.725. The first-order valence-corrected chi connectivity index (χ1v) is 6.89. The lowest BCUT2D eigenvalue weighted by atomic mass is 9.67. The molecule has 0 aliphatic heterocycles. The Morgan fingerprint density at radius 2 is 2.11 bits per heavy atom. The highest BCUT2D eigenvalue weighted by Gasteiger charge is 2.49. The van der Waals surface area contributed by atoms with Crippen LogP contribution in [0.25, 0.3) is 0 Å². The van der Waals surface area contributed by atoms with E-state index in [2.05, 4.69) is 4.98 Å². The van der Waals surface area contributed by atoms with Crippen LogP contribution in [0.2, 0.25) is 0 Å². The van der Waals surface area contributed by atoms with Gasteiger partial charge in [-0.25, -0.2) is 13.8 Å². The van der Waals surface area contributed by atoms with E-state index in [1.807, 2.05) is 0 Å². The fourth-order valence-electron chi connectivity index (χ4n) is 2.68. The molecular weight excluding hydrogens is 258 g/mol. The van der Waals surface area contributed by atoms with E-state index in [0.29, 0.717) is 0 Å². The number of thiazole rings is 1. The summed E-state index contributed by atoms with van der Waals surface area (Å²) in [6, 6.07) is 0. The molecule has 1 aromatic rings. The molecule has 2 saturated carbocycles. The van der Waals surface area contributed by atoms with E-state index < -0.39 is 11.3 Å². The zero-order valence-corrected chi connectivity index (χ0v) is 10.6. The van der Waals surface area contributed by atoms with Crippen LogP contribution >= 0.6 is 11.3 Å². The summed E-state index contributed by atoms with van der Waals surface area (Å²) in [7, 11) is 0. The molecule has 3 nitrogen and oxygen atoms in total. The Morgan fingerprint density at radius 3 is 2.56 bits per heavy atom. The highest BCUT2D eigenvalue weighted by molar-refractivity contribution is 7.12. The number of primary amides is 1. The van der Waals surface area contributed by atoms with Crippen LogP contribution < -0.4 is 5.73 Å². The number of rotatable bonds is 3. The minimum Gasteiger partial charge on any atom is -0.369 e. The van der Waals surface area contributed by atoms with Gasteiger partial charge in [0, 0.05) is 29.8 Å². The van der Waals surface area contributed by atoms with Crippen LogP contribution in [0.5, 0.6) is 0 Å². The number of hydrogen-bond acceptors (Lipinski definition) is 3. The smallest absolute Gasteiger partial charge is 0.249 e. The van der Waals surface area contributed by atoms with Gasteiger partial charge in [-0.3, -0.25) is 4.79 Å². The second-order valence-electron chi connectivity index (χ2n) is 5.32. The van der Waals surface area contributed by atoms with Crippen LogP contribution in [0.15, 0.2) is 6.20 Å². The van der Waals surface area contributed by atoms with Gasteiger partial charge in [0.05, 0.1) is 10.4 Å². The molecule has 1 aromatic heterocycles. The lowest BCUT2D eigenvalue weighted by molar-refractivity contribution is -0.126. The van der Waals surface area contributed by atoms with Crippen molar-refractivity contribution in [2.45, 2.75) is 49.4 Å². The van der Waals surface area contributed by atoms with Crippen molar-refractivity contribution < 1.29 is 13.6 Å². The van der Waals surface area contributed by atoms with Crippen LogP contribution in [0.4, 0.5) is 8.78 Å². The van der Waals surface area contributed by atoms with E-state index in [4.69, 9.17) is 5.73 Å². The van der Waals surface area contributed by atoms with Gasteiger partial charge in [0.2, 0.25) is 11.8 Å². The van der Waals surface area contributed by atoms with Gasteiger partial charge in [-0.1, -0.05) is 6.42 Å². The van der Waals surface area contributed by atoms with Crippen molar-refractivity contribution in [1.29, 1.82) is 0 Å². The number of amides is 1. The van der Waals surface area contributed by atoms with Gasteiger partial charge in [0.1, 0.15) is 0 Å². The molecule has 0 aromatic carbocycles. The first-order valence-electron chi connectivity index (χ1n) is 6.07. The predicted octanol–water partition coefficient (Wildman–Crippen LogP) is 2.56. The van der Waals surface area contributed by atoms with Crippen molar-refractivity contribution >= 4 is 17.2 Å². The summed E-state index contributed by atoms with van der Waals surface area (Å²) < 4.78 is 25.6. The normalized spacial score (nSPS) is 25.2. The van der Waals surface area contributed by atoms with E-state index in [9.17, 15) is 13.6 Å². The summed E-state index contributed by atoms with van der Waals surface area (Å²) in [6.07, 6.45) is 3.90. The number of hydrogen-bond donors (Lipinski definition) is 1. The average Bonchev–Trinajstić information content (AvgIpc) is 2.60. The number of carbonyl (C=O) groups is 1. The third kappa shape index (κ3) is 1.66. The minimum atomic E-state index is -2.53. The molecule has 1 heterocycles. The molecule has 98 valence electrons. The average molecular weight is 272 g/mol. The zero-order valence-electron chi connectivity index (χ0n) is 9.79. The van der Waals surface area contributed by atoms with Gasteiger partial charge >= 0.3 is 0 Å². The number of alkyl halides is 2. The molecule has 0 radical (unpaired) electrons. The second-order valence-corrected chi connectivity index (χ2v) is 6.39. The fourth-order valence-corrected chi connectivity index (χ4v) is 3.95. The van der Waals surface area contributed by atoms with Crippen LogP contribution in [-0.2, 0) is 10.2 Å². The lowest BCUT2D eigenvalue weighted by Crippen LogP contribution is -2.46. The molecular formula is C12H14F2N2OS. The minimum absolute atomic E-state index is 0.122. The quantitative estimate of drug-likeness (QED) is 0.919. The molecule has 3 rings (SSSR count). The Kier molecular flexibility index (Phi) is 2.49. The van der Waals surface area contributed by atoms with Gasteiger partial charge in [0.25, 0.3) is 0 Å². The topological polar surface area (TPSA) is 56.0 Å². The lowest BCUT2D eigenvalue weighted by Gasteiger charge is -2.37. The number of aromatic nitrogens is 1. The molecule has 6 heteroatoms. The molecule has 2 aliphatic rings. The van der Waals surface area contributed by atoms with Gasteiger partial charge in [-0.05, 0) is 12.8 Å². The number of halogens is 2. The molecule has 0 spiro atoms. The van der Waals surface area contributed by atoms with Crippen molar-refractivity contribution in [3.8, 4) is 0 Å². The Morgan fingerprint density at radius 1 is 1.44 bits per heavy atom. The molecule has 2 fully saturated rings. The first kappa shape index (κ1) is 12.0. The Labute approximate surface area is 107 Å². The largest absolute Gasteiger partial charge is 0.369 e. The van der Waals surface area contributed by atoms with Gasteiger partial charge in [-0.2, -0.15) is 0 Å². The maximum atomic E-state index is 12.8. The Hall–Kier alpha value is -1.04. The van der Waals surface area contributed by atoms with Crippen molar-refractivity contribution in [2.24, 2.45) is 5.73 Å². The van der Waals surface area contributed by atoms with E-state index >= 15 is 0 Å². The van der Waals surface area contributed by atoms with Crippen LogP contribution in [0.1, 0.15) is 47.9 Å². The maximum absolute atomic E-state index is 12.8. The maximum Gasteiger partial charge on any atom is 0.249 e. The zero-order chi connectivity index (χ0) is 13.0. The molecule has 0 saturated heterocycles. The van der Waals surface area contributed by atoms with E-state index in [0.717, 1.165) is 29.1 Å². The highest BCUT2D eigenvalue weighted by atomic mass is 32.1. The Balaban J connectivity index is 1.80. The summed E-state index contributed by atoms with van der Waals surface area (Å²) in [5.41, 5.74) is 4.89. The van der Waals surface area contributed by atoms with Crippen molar-refractivity contribution in [3.05, 3.63) is 16.1 Å². The molecule has 2 N–H and O–H groups in total. The van der Waals surface area contributed by atoms with Crippen molar-refractivity contribution in [3.63, 3.8) is 0 Å². The van der Waals surface area contributed by atoms with Crippen molar-refractivity contribution in [2.75, 3.05) is 0 Å². The third-order valence-electron chi connectivity index (χ3n) is 4.11. The van der Waals surface area contributed by atoms with Crippen LogP contribution in [0, 0.1) is 0 Å². The summed E-state index contributed by atoms with van der Waals surface area (Å²) in [6.45, 7) is 0. The van der Waals surface area contributed by atoms with Gasteiger partial charge in [0.15, 0.2) is 0 Å². The fraction of sp³-hybridized carbons (Fsp3) is 0.667. The van der Waals surface area contributed by atoms with E-state index in [-0.39, 0.29) is 24.7 Å². The molecule has 1 amide bonds. The molecule has 0 unspecified atom stereocenters. The first-order chi connectivity index (χ1) is 8.43. The summed E-state index contributed by atoms with van der Waals surface area (Å²) >= 11 is 1.38. The van der Waals surface area contributed by atoms with Crippen LogP contribution in [-0.4, -0.2) is 16.8 Å². The Bertz CT molecular complexity index is 488. The summed E-state index contributed by atoms with van der Waals surface area (Å²) in [4.78, 5) is 16.6. The predicted molar refractivity (Wildman–Crippen MR) is 63.8 cm³/mol. The molecule has 0 atom stereocenters. The van der Waals surface area contributed by atoms with Crippen molar-refractivity contribution in [1.82, 2.24) is 4.98 Å². The molecule has 2 aliphatic carbocycles. The monoisotopic (exact) mass is 272 g/mol. The van der Waals surface area contributed by atoms with Crippen LogP contribution in [0.3, 0.4) is 0 Å². The van der Waals surface area contributed by atoms with Gasteiger partial charge < -0.3 is 5.73 Å². The number of carbonyl (C=O) groups excluding carboxylic acids is 1. The highest BCUT2D eigenvalue weighted by Crippen LogP contribution is 2.51. The standard InChI is InChI=1S/C12H14F2N2OS/c13-12(14)4-7(5-12)9-16-6-8(18-9)11(10(15)17)2-1-3-11/h6-7H,1-5H2,(H2,15,17). The third-order valence-corrected chi connectivity index (χ3v) is 5.48.